The van der Waals surface area contributed by atoms with Crippen molar-refractivity contribution in [2.75, 3.05) is 39.8 Å². The fourth-order valence-electron chi connectivity index (χ4n) is 3.34. The van der Waals surface area contributed by atoms with Gasteiger partial charge in [-0.15, -0.1) is 0 Å². The van der Waals surface area contributed by atoms with E-state index in [-0.39, 0.29) is 23.5 Å². The summed E-state index contributed by atoms with van der Waals surface area (Å²) in [5, 5.41) is 0. The molecule has 1 aromatic carbocycles. The van der Waals surface area contributed by atoms with Crippen LogP contribution >= 0.6 is 0 Å². The Morgan fingerprint density at radius 1 is 1.12 bits per heavy atom. The number of piperazine rings is 1. The molecule has 0 radical (unpaired) electrons. The first-order valence-corrected chi connectivity index (χ1v) is 10.6. The maximum Gasteiger partial charge on any atom is 0.260 e. The third kappa shape index (κ3) is 4.96. The van der Waals surface area contributed by atoms with E-state index in [1.807, 2.05) is 7.05 Å². The molecule has 7 nitrogen and oxygen atoms in total. The largest absolute Gasteiger partial charge is 0.484 e. The lowest BCUT2D eigenvalue weighted by atomic mass is 10.3. The highest BCUT2D eigenvalue weighted by Gasteiger charge is 2.23. The van der Waals surface area contributed by atoms with Crippen LogP contribution in [-0.2, 0) is 14.8 Å². The molecule has 1 heterocycles. The van der Waals surface area contributed by atoms with Gasteiger partial charge in [0.05, 0.1) is 4.90 Å². The van der Waals surface area contributed by atoms with Gasteiger partial charge in [-0.2, -0.15) is 0 Å². The Balaban J connectivity index is 1.51. The Bertz CT molecular complexity index is 706. The van der Waals surface area contributed by atoms with E-state index in [4.69, 9.17) is 4.74 Å². The van der Waals surface area contributed by atoms with Crippen LogP contribution in [0, 0.1) is 0 Å². The summed E-state index contributed by atoms with van der Waals surface area (Å²) in [6.45, 7) is 3.13. The summed E-state index contributed by atoms with van der Waals surface area (Å²) in [4.78, 5) is 16.4. The minimum atomic E-state index is -3.50. The smallest absolute Gasteiger partial charge is 0.260 e. The van der Waals surface area contributed by atoms with E-state index in [0.717, 1.165) is 38.8 Å². The molecule has 0 bridgehead atoms. The van der Waals surface area contributed by atoms with Crippen molar-refractivity contribution in [1.29, 1.82) is 0 Å². The number of ether oxygens (including phenoxy) is 1. The number of amides is 1. The summed E-state index contributed by atoms with van der Waals surface area (Å²) in [7, 11) is -1.46. The molecule has 1 amide bonds. The molecule has 0 unspecified atom stereocenters. The van der Waals surface area contributed by atoms with E-state index in [0.29, 0.717) is 18.8 Å². The Morgan fingerprint density at radius 2 is 1.73 bits per heavy atom. The quantitative estimate of drug-likeness (QED) is 0.797. The molecule has 2 fully saturated rings. The highest BCUT2D eigenvalue weighted by atomic mass is 32.2. The van der Waals surface area contributed by atoms with Crippen LogP contribution in [0.4, 0.5) is 0 Å². The second kappa shape index (κ2) is 8.37. The van der Waals surface area contributed by atoms with Gasteiger partial charge in [0.1, 0.15) is 5.75 Å². The zero-order chi connectivity index (χ0) is 18.6. The number of hydrogen-bond donors (Lipinski definition) is 1. The zero-order valence-corrected chi connectivity index (χ0v) is 16.0. The Kier molecular flexibility index (Phi) is 6.16. The second-order valence-corrected chi connectivity index (χ2v) is 8.76. The minimum absolute atomic E-state index is 0.0316. The molecule has 1 aliphatic carbocycles. The first-order valence-electron chi connectivity index (χ1n) is 9.15. The molecule has 0 aromatic heterocycles. The van der Waals surface area contributed by atoms with Crippen LogP contribution in [0.2, 0.25) is 0 Å². The van der Waals surface area contributed by atoms with Gasteiger partial charge in [0, 0.05) is 32.2 Å². The number of nitrogens with zero attached hydrogens (tertiary/aromatic N) is 2. The lowest BCUT2D eigenvalue weighted by molar-refractivity contribution is -0.134. The van der Waals surface area contributed by atoms with Crippen LogP contribution in [0.25, 0.3) is 0 Å². The van der Waals surface area contributed by atoms with Crippen molar-refractivity contribution in [2.45, 2.75) is 36.6 Å². The molecule has 1 aliphatic heterocycles. The van der Waals surface area contributed by atoms with Gasteiger partial charge in [0.25, 0.3) is 5.91 Å². The Hall–Kier alpha value is -1.64. The summed E-state index contributed by atoms with van der Waals surface area (Å²) < 4.78 is 33.0. The maximum absolute atomic E-state index is 12.4. The lowest BCUT2D eigenvalue weighted by Gasteiger charge is -2.32. The summed E-state index contributed by atoms with van der Waals surface area (Å²) in [5.74, 6) is 0.449. The molecule has 1 saturated heterocycles. The molecule has 26 heavy (non-hydrogen) atoms. The second-order valence-electron chi connectivity index (χ2n) is 7.05. The summed E-state index contributed by atoms with van der Waals surface area (Å²) in [5.41, 5.74) is 0. The van der Waals surface area contributed by atoms with Crippen molar-refractivity contribution in [1.82, 2.24) is 14.5 Å². The number of sulfonamides is 1. The van der Waals surface area contributed by atoms with E-state index < -0.39 is 10.0 Å². The van der Waals surface area contributed by atoms with Crippen molar-refractivity contribution < 1.29 is 17.9 Å². The average molecular weight is 381 g/mol. The fraction of sp³-hybridized carbons (Fsp3) is 0.611. The molecule has 1 N–H and O–H groups in total. The Labute approximate surface area is 155 Å². The number of carbonyl (C=O) groups excluding carboxylic acids is 1. The number of nitrogens with one attached hydrogen (secondary N) is 1. The van der Waals surface area contributed by atoms with Crippen LogP contribution in [0.1, 0.15) is 25.7 Å². The topological polar surface area (TPSA) is 79.0 Å². The number of benzene rings is 1. The van der Waals surface area contributed by atoms with Crippen molar-refractivity contribution in [2.24, 2.45) is 0 Å². The first kappa shape index (κ1) is 19.1. The van der Waals surface area contributed by atoms with Crippen LogP contribution in [0.5, 0.6) is 5.75 Å². The standard InChI is InChI=1S/C18H27N3O4S/c1-20-10-12-21(13-11-20)18(22)14-25-16-6-8-17(9-7-16)26(23,24)19-15-4-2-3-5-15/h6-9,15,19H,2-5,10-14H2,1H3. The van der Waals surface area contributed by atoms with Crippen molar-refractivity contribution in [3.63, 3.8) is 0 Å². The van der Waals surface area contributed by atoms with Gasteiger partial charge in [0.15, 0.2) is 6.61 Å². The van der Waals surface area contributed by atoms with Crippen LogP contribution in [-0.4, -0.2) is 70.0 Å². The van der Waals surface area contributed by atoms with E-state index in [2.05, 4.69) is 9.62 Å². The number of likely N-dealkylation sites (N-methyl/N-ethyl adjacent to an activating group) is 1. The van der Waals surface area contributed by atoms with E-state index in [9.17, 15) is 13.2 Å². The summed E-state index contributed by atoms with van der Waals surface area (Å²) in [6, 6.07) is 6.28. The molecule has 1 saturated carbocycles. The predicted octanol–water partition coefficient (Wildman–Crippen LogP) is 1.06. The Morgan fingerprint density at radius 3 is 2.35 bits per heavy atom. The highest BCUT2D eigenvalue weighted by Crippen LogP contribution is 2.21. The third-order valence-electron chi connectivity index (χ3n) is 5.03. The summed E-state index contributed by atoms with van der Waals surface area (Å²) >= 11 is 0. The maximum atomic E-state index is 12.4. The molecule has 3 rings (SSSR count). The summed E-state index contributed by atoms with van der Waals surface area (Å²) in [6.07, 6.45) is 3.94. The molecule has 1 aromatic rings. The molecule has 0 spiro atoms. The van der Waals surface area contributed by atoms with Crippen LogP contribution in [0.3, 0.4) is 0 Å². The number of rotatable bonds is 6. The van der Waals surface area contributed by atoms with Gasteiger partial charge >= 0.3 is 0 Å². The zero-order valence-electron chi connectivity index (χ0n) is 15.2. The molecule has 144 valence electrons. The molecular weight excluding hydrogens is 354 g/mol. The van der Waals surface area contributed by atoms with Crippen LogP contribution in [0.15, 0.2) is 29.2 Å². The molecular formula is C18H27N3O4S. The monoisotopic (exact) mass is 381 g/mol. The van der Waals surface area contributed by atoms with Gasteiger partial charge in [-0.05, 0) is 44.2 Å². The van der Waals surface area contributed by atoms with E-state index >= 15 is 0 Å². The van der Waals surface area contributed by atoms with Gasteiger partial charge in [-0.1, -0.05) is 12.8 Å². The number of carbonyl (C=O) groups is 1. The normalized spacial score (nSPS) is 19.7. The van der Waals surface area contributed by atoms with Crippen LogP contribution < -0.4 is 9.46 Å². The minimum Gasteiger partial charge on any atom is -0.484 e. The van der Waals surface area contributed by atoms with E-state index in [1.54, 1.807) is 17.0 Å². The first-order chi connectivity index (χ1) is 12.4. The molecule has 2 aliphatic rings. The third-order valence-corrected chi connectivity index (χ3v) is 6.57. The van der Waals surface area contributed by atoms with Gasteiger partial charge in [0.2, 0.25) is 10.0 Å². The van der Waals surface area contributed by atoms with E-state index in [1.165, 1.54) is 12.1 Å². The SMILES string of the molecule is CN1CCN(C(=O)COc2ccc(S(=O)(=O)NC3CCCC3)cc2)CC1. The van der Waals surface area contributed by atoms with Gasteiger partial charge < -0.3 is 14.5 Å². The van der Waals surface area contributed by atoms with Crippen molar-refractivity contribution in [3.05, 3.63) is 24.3 Å². The molecule has 8 heteroatoms. The predicted molar refractivity (Wildman–Crippen MR) is 98.6 cm³/mol. The number of hydrogen-bond acceptors (Lipinski definition) is 5. The highest BCUT2D eigenvalue weighted by molar-refractivity contribution is 7.89. The van der Waals surface area contributed by atoms with Gasteiger partial charge in [-0.3, -0.25) is 4.79 Å². The fourth-order valence-corrected chi connectivity index (χ4v) is 4.64. The van der Waals surface area contributed by atoms with Gasteiger partial charge in [-0.25, -0.2) is 13.1 Å². The molecule has 0 atom stereocenters. The average Bonchev–Trinajstić information content (AvgIpc) is 3.13. The van der Waals surface area contributed by atoms with Crippen molar-refractivity contribution >= 4 is 15.9 Å². The lowest BCUT2D eigenvalue weighted by Crippen LogP contribution is -2.48. The van der Waals surface area contributed by atoms with Crippen molar-refractivity contribution in [3.8, 4) is 5.75 Å².